The SMILES string of the molecule is CC1CCC(NC(=O)CN2C(=O)/C(=C\c3ccccc3)OC3CCCCC32)CC1. The van der Waals surface area contributed by atoms with Gasteiger partial charge in [-0.25, -0.2) is 0 Å². The second-order valence-corrected chi connectivity index (χ2v) is 8.88. The normalized spacial score (nSPS) is 31.1. The molecule has 0 bridgehead atoms. The highest BCUT2D eigenvalue weighted by atomic mass is 16.5. The Kier molecular flexibility index (Phi) is 6.22. The summed E-state index contributed by atoms with van der Waals surface area (Å²) in [4.78, 5) is 27.8. The maximum atomic E-state index is 13.2. The quantitative estimate of drug-likeness (QED) is 0.786. The molecule has 2 atom stereocenters. The Labute approximate surface area is 173 Å². The van der Waals surface area contributed by atoms with Crippen molar-refractivity contribution in [3.8, 4) is 0 Å². The van der Waals surface area contributed by atoms with Crippen LogP contribution in [-0.4, -0.2) is 41.4 Å². The number of nitrogens with zero attached hydrogens (tertiary/aromatic N) is 1. The fraction of sp³-hybridized carbons (Fsp3) is 0.583. The van der Waals surface area contributed by atoms with E-state index in [0.717, 1.165) is 62.8 Å². The summed E-state index contributed by atoms with van der Waals surface area (Å²) in [6, 6.07) is 10.00. The van der Waals surface area contributed by atoms with E-state index in [9.17, 15) is 9.59 Å². The number of carbonyl (C=O) groups excluding carboxylic acids is 2. The molecule has 29 heavy (non-hydrogen) atoms. The van der Waals surface area contributed by atoms with Gasteiger partial charge in [0.2, 0.25) is 5.91 Å². The summed E-state index contributed by atoms with van der Waals surface area (Å²) >= 11 is 0. The predicted octanol–water partition coefficient (Wildman–Crippen LogP) is 3.89. The minimum Gasteiger partial charge on any atom is -0.482 e. The maximum absolute atomic E-state index is 13.2. The van der Waals surface area contributed by atoms with Crippen LogP contribution >= 0.6 is 0 Å². The molecular formula is C24H32N2O3. The number of ether oxygens (including phenoxy) is 1. The van der Waals surface area contributed by atoms with E-state index in [0.29, 0.717) is 5.76 Å². The predicted molar refractivity (Wildman–Crippen MR) is 113 cm³/mol. The van der Waals surface area contributed by atoms with E-state index in [1.54, 1.807) is 11.0 Å². The van der Waals surface area contributed by atoms with Crippen LogP contribution in [0.3, 0.4) is 0 Å². The molecule has 3 fully saturated rings. The lowest BCUT2D eigenvalue weighted by Gasteiger charge is -2.44. The third kappa shape index (κ3) is 4.82. The van der Waals surface area contributed by atoms with Crippen LogP contribution in [0.4, 0.5) is 0 Å². The lowest BCUT2D eigenvalue weighted by molar-refractivity contribution is -0.152. The molecule has 2 saturated carbocycles. The van der Waals surface area contributed by atoms with E-state index in [2.05, 4.69) is 12.2 Å². The molecule has 0 radical (unpaired) electrons. The molecule has 5 nitrogen and oxygen atoms in total. The lowest BCUT2D eigenvalue weighted by atomic mass is 9.87. The summed E-state index contributed by atoms with van der Waals surface area (Å²) in [7, 11) is 0. The third-order valence-electron chi connectivity index (χ3n) is 6.61. The first-order valence-corrected chi connectivity index (χ1v) is 11.1. The number of hydrogen-bond acceptors (Lipinski definition) is 3. The average molecular weight is 397 g/mol. The molecule has 1 N–H and O–H groups in total. The molecule has 0 aromatic heterocycles. The first-order chi connectivity index (χ1) is 14.1. The Bertz CT molecular complexity index is 753. The minimum atomic E-state index is -0.163. The van der Waals surface area contributed by atoms with Gasteiger partial charge in [0.05, 0.1) is 6.04 Å². The fourth-order valence-corrected chi connectivity index (χ4v) is 4.89. The molecular weight excluding hydrogens is 364 g/mol. The van der Waals surface area contributed by atoms with Gasteiger partial charge in [0, 0.05) is 6.04 Å². The molecule has 2 unspecified atom stereocenters. The number of nitrogens with one attached hydrogen (secondary N) is 1. The molecule has 2 aliphatic carbocycles. The van der Waals surface area contributed by atoms with Crippen molar-refractivity contribution in [3.05, 3.63) is 41.7 Å². The second-order valence-electron chi connectivity index (χ2n) is 8.88. The molecule has 1 aromatic rings. The average Bonchev–Trinajstić information content (AvgIpc) is 2.73. The highest BCUT2D eigenvalue weighted by Crippen LogP contribution is 2.33. The van der Waals surface area contributed by atoms with E-state index >= 15 is 0 Å². The largest absolute Gasteiger partial charge is 0.482 e. The van der Waals surface area contributed by atoms with Crippen LogP contribution in [0.15, 0.2) is 36.1 Å². The molecule has 156 valence electrons. The van der Waals surface area contributed by atoms with Gasteiger partial charge in [0.25, 0.3) is 5.91 Å². The van der Waals surface area contributed by atoms with Gasteiger partial charge >= 0.3 is 0 Å². The Morgan fingerprint density at radius 3 is 2.59 bits per heavy atom. The highest BCUT2D eigenvalue weighted by molar-refractivity contribution is 5.98. The number of benzene rings is 1. The summed E-state index contributed by atoms with van der Waals surface area (Å²) in [6.45, 7) is 2.40. The smallest absolute Gasteiger partial charge is 0.289 e. The first-order valence-electron chi connectivity index (χ1n) is 11.1. The summed E-state index contributed by atoms with van der Waals surface area (Å²) in [6.07, 6.45) is 10.2. The van der Waals surface area contributed by atoms with Gasteiger partial charge in [-0.3, -0.25) is 9.59 Å². The van der Waals surface area contributed by atoms with Crippen molar-refractivity contribution in [2.45, 2.75) is 76.5 Å². The molecule has 1 aromatic carbocycles. The van der Waals surface area contributed by atoms with Crippen molar-refractivity contribution in [1.29, 1.82) is 0 Å². The van der Waals surface area contributed by atoms with E-state index in [1.165, 1.54) is 0 Å². The van der Waals surface area contributed by atoms with Gasteiger partial charge in [-0.2, -0.15) is 0 Å². The maximum Gasteiger partial charge on any atom is 0.289 e. The standard InChI is InChI=1S/C24H32N2O3/c1-17-11-13-19(14-12-17)25-23(27)16-26-20-9-5-6-10-21(20)29-22(24(26)28)15-18-7-3-2-4-8-18/h2-4,7-8,15,17,19-21H,5-6,9-14,16H2,1H3,(H,25,27)/b22-15+. The van der Waals surface area contributed by atoms with Crippen molar-refractivity contribution in [3.63, 3.8) is 0 Å². The zero-order chi connectivity index (χ0) is 20.2. The van der Waals surface area contributed by atoms with Crippen LogP contribution in [-0.2, 0) is 14.3 Å². The Hall–Kier alpha value is -2.30. The van der Waals surface area contributed by atoms with Crippen molar-refractivity contribution >= 4 is 17.9 Å². The van der Waals surface area contributed by atoms with Crippen molar-refractivity contribution in [2.75, 3.05) is 6.54 Å². The lowest BCUT2D eigenvalue weighted by Crippen LogP contribution is -2.57. The topological polar surface area (TPSA) is 58.6 Å². The van der Waals surface area contributed by atoms with Crippen molar-refractivity contribution in [1.82, 2.24) is 10.2 Å². The van der Waals surface area contributed by atoms with E-state index < -0.39 is 0 Å². The molecule has 2 amide bonds. The molecule has 0 spiro atoms. The molecule has 1 saturated heterocycles. The number of amides is 2. The van der Waals surface area contributed by atoms with Gasteiger partial charge in [-0.15, -0.1) is 0 Å². The van der Waals surface area contributed by atoms with Crippen LogP contribution in [0.25, 0.3) is 6.08 Å². The Morgan fingerprint density at radius 1 is 1.10 bits per heavy atom. The van der Waals surface area contributed by atoms with E-state index in [-0.39, 0.29) is 36.5 Å². The van der Waals surface area contributed by atoms with Crippen LogP contribution in [0.5, 0.6) is 0 Å². The summed E-state index contributed by atoms with van der Waals surface area (Å²) in [5.41, 5.74) is 0.936. The first kappa shape index (κ1) is 20.0. The fourth-order valence-electron chi connectivity index (χ4n) is 4.89. The summed E-state index contributed by atoms with van der Waals surface area (Å²) in [5, 5.41) is 3.17. The van der Waals surface area contributed by atoms with Crippen LogP contribution < -0.4 is 5.32 Å². The van der Waals surface area contributed by atoms with Gasteiger partial charge in [-0.1, -0.05) is 43.7 Å². The number of rotatable bonds is 4. The van der Waals surface area contributed by atoms with E-state index in [4.69, 9.17) is 4.74 Å². The molecule has 1 heterocycles. The van der Waals surface area contributed by atoms with Crippen LogP contribution in [0.2, 0.25) is 0 Å². The summed E-state index contributed by atoms with van der Waals surface area (Å²) in [5.74, 6) is 0.906. The minimum absolute atomic E-state index is 0.00121. The van der Waals surface area contributed by atoms with Gasteiger partial charge in [0.15, 0.2) is 5.76 Å². The third-order valence-corrected chi connectivity index (χ3v) is 6.61. The second kappa shape index (κ2) is 9.02. The van der Waals surface area contributed by atoms with Gasteiger partial charge in [0.1, 0.15) is 12.6 Å². The van der Waals surface area contributed by atoms with Crippen molar-refractivity contribution in [2.24, 2.45) is 5.92 Å². The number of morpholine rings is 1. The Morgan fingerprint density at radius 2 is 1.83 bits per heavy atom. The molecule has 4 rings (SSSR count). The van der Waals surface area contributed by atoms with Gasteiger partial charge < -0.3 is 15.0 Å². The van der Waals surface area contributed by atoms with Gasteiger partial charge in [-0.05, 0) is 62.5 Å². The number of fused-ring (bicyclic) bond motifs is 1. The van der Waals surface area contributed by atoms with Crippen LogP contribution in [0, 0.1) is 5.92 Å². The molecule has 5 heteroatoms. The highest BCUT2D eigenvalue weighted by Gasteiger charge is 2.42. The molecule has 1 aliphatic heterocycles. The summed E-state index contributed by atoms with van der Waals surface area (Å²) < 4.78 is 6.12. The van der Waals surface area contributed by atoms with Crippen molar-refractivity contribution < 1.29 is 14.3 Å². The monoisotopic (exact) mass is 396 g/mol. The zero-order valence-electron chi connectivity index (χ0n) is 17.3. The number of hydrogen-bond donors (Lipinski definition) is 1. The van der Waals surface area contributed by atoms with E-state index in [1.807, 2.05) is 30.3 Å². The van der Waals surface area contributed by atoms with Crippen LogP contribution in [0.1, 0.15) is 63.9 Å². The Balaban J connectivity index is 1.47. The molecule has 3 aliphatic rings. The zero-order valence-corrected chi connectivity index (χ0v) is 17.3. The number of carbonyl (C=O) groups is 2.